The Kier molecular flexibility index (Phi) is 3.21. The van der Waals surface area contributed by atoms with Crippen molar-refractivity contribution in [1.29, 1.82) is 5.26 Å². The second-order valence-electron chi connectivity index (χ2n) is 4.10. The molecule has 0 aliphatic rings. The molecule has 3 aromatic rings. The summed E-state index contributed by atoms with van der Waals surface area (Å²) in [5, 5.41) is 14.5. The number of rotatable bonds is 3. The van der Waals surface area contributed by atoms with Crippen LogP contribution in [0.15, 0.2) is 59.8 Å². The summed E-state index contributed by atoms with van der Waals surface area (Å²) in [6.07, 6.45) is 1.86. The van der Waals surface area contributed by atoms with Gasteiger partial charge in [0.15, 0.2) is 0 Å². The van der Waals surface area contributed by atoms with E-state index in [9.17, 15) is 5.26 Å². The lowest BCUT2D eigenvalue weighted by atomic mass is 10.2. The van der Waals surface area contributed by atoms with Crippen LogP contribution in [0.4, 0.5) is 0 Å². The number of nitriles is 1. The molecule has 92 valence electrons. The van der Waals surface area contributed by atoms with Crippen molar-refractivity contribution in [3.63, 3.8) is 0 Å². The standard InChI is InChI=1S/C15H11N3S/c16-10-13-14-8-4-5-9-18(14)17-15(13)19-11-12-6-2-1-3-7-12/h1-9H,11H2. The van der Waals surface area contributed by atoms with Crippen LogP contribution in [0.2, 0.25) is 0 Å². The molecule has 3 nitrogen and oxygen atoms in total. The molecule has 1 aromatic carbocycles. The Labute approximate surface area is 115 Å². The van der Waals surface area contributed by atoms with Crippen LogP contribution >= 0.6 is 11.8 Å². The highest BCUT2D eigenvalue weighted by Crippen LogP contribution is 2.27. The molecule has 0 saturated carbocycles. The Morgan fingerprint density at radius 3 is 2.68 bits per heavy atom. The SMILES string of the molecule is N#Cc1c(SCc2ccccc2)nn2ccccc12. The third kappa shape index (κ3) is 2.33. The Morgan fingerprint density at radius 1 is 1.11 bits per heavy atom. The van der Waals surface area contributed by atoms with Crippen molar-refractivity contribution in [2.45, 2.75) is 10.8 Å². The van der Waals surface area contributed by atoms with E-state index in [4.69, 9.17) is 0 Å². The van der Waals surface area contributed by atoms with Crippen LogP contribution in [-0.4, -0.2) is 9.61 Å². The van der Waals surface area contributed by atoms with Gasteiger partial charge < -0.3 is 0 Å². The molecule has 2 aromatic heterocycles. The van der Waals surface area contributed by atoms with Crippen molar-refractivity contribution in [2.75, 3.05) is 0 Å². The Morgan fingerprint density at radius 2 is 1.89 bits per heavy atom. The minimum Gasteiger partial charge on any atom is -0.238 e. The topological polar surface area (TPSA) is 41.1 Å². The number of hydrogen-bond acceptors (Lipinski definition) is 3. The van der Waals surface area contributed by atoms with Gasteiger partial charge in [-0.2, -0.15) is 10.4 Å². The first-order chi connectivity index (χ1) is 9.38. The number of thioether (sulfide) groups is 1. The van der Waals surface area contributed by atoms with Crippen LogP contribution in [0, 0.1) is 11.3 Å². The van der Waals surface area contributed by atoms with Gasteiger partial charge in [0.25, 0.3) is 0 Å². The molecule has 0 radical (unpaired) electrons. The molecule has 0 bridgehead atoms. The molecule has 0 atom stereocenters. The average Bonchev–Trinajstić information content (AvgIpc) is 2.83. The molecule has 0 unspecified atom stereocenters. The van der Waals surface area contributed by atoms with E-state index in [-0.39, 0.29) is 0 Å². The van der Waals surface area contributed by atoms with Gasteiger partial charge in [0.1, 0.15) is 16.7 Å². The zero-order valence-electron chi connectivity index (χ0n) is 10.2. The van der Waals surface area contributed by atoms with E-state index < -0.39 is 0 Å². The van der Waals surface area contributed by atoms with Gasteiger partial charge in [0.2, 0.25) is 0 Å². The number of hydrogen-bond donors (Lipinski definition) is 0. The van der Waals surface area contributed by atoms with Gasteiger partial charge in [0.05, 0.1) is 5.52 Å². The molecule has 0 N–H and O–H groups in total. The first-order valence-electron chi connectivity index (χ1n) is 5.92. The average molecular weight is 265 g/mol. The fourth-order valence-electron chi connectivity index (χ4n) is 1.91. The molecule has 0 spiro atoms. The largest absolute Gasteiger partial charge is 0.238 e. The molecule has 0 amide bonds. The number of aromatic nitrogens is 2. The quantitative estimate of drug-likeness (QED) is 0.681. The van der Waals surface area contributed by atoms with Crippen molar-refractivity contribution in [2.24, 2.45) is 0 Å². The summed E-state index contributed by atoms with van der Waals surface area (Å²) in [6, 6.07) is 18.2. The first kappa shape index (κ1) is 11.8. The summed E-state index contributed by atoms with van der Waals surface area (Å²) in [5.74, 6) is 0.819. The Balaban J connectivity index is 1.91. The molecule has 19 heavy (non-hydrogen) atoms. The van der Waals surface area contributed by atoms with Crippen molar-refractivity contribution >= 4 is 17.3 Å². The lowest BCUT2D eigenvalue weighted by Gasteiger charge is -1.98. The highest BCUT2D eigenvalue weighted by atomic mass is 32.2. The van der Waals surface area contributed by atoms with Gasteiger partial charge in [-0.25, -0.2) is 4.52 Å². The maximum atomic E-state index is 9.29. The highest BCUT2D eigenvalue weighted by Gasteiger charge is 2.12. The molecule has 0 aliphatic carbocycles. The normalized spacial score (nSPS) is 10.5. The molecule has 0 fully saturated rings. The number of pyridine rings is 1. The van der Waals surface area contributed by atoms with Crippen molar-refractivity contribution < 1.29 is 0 Å². The molecule has 0 saturated heterocycles. The smallest absolute Gasteiger partial charge is 0.137 e. The second-order valence-corrected chi connectivity index (χ2v) is 5.06. The van der Waals surface area contributed by atoms with E-state index in [1.807, 2.05) is 42.6 Å². The van der Waals surface area contributed by atoms with E-state index in [0.717, 1.165) is 16.3 Å². The summed E-state index contributed by atoms with van der Waals surface area (Å²) in [6.45, 7) is 0. The molecule has 0 aliphatic heterocycles. The van der Waals surface area contributed by atoms with E-state index in [1.54, 1.807) is 16.3 Å². The molecule has 4 heteroatoms. The van der Waals surface area contributed by atoms with Crippen LogP contribution in [0.5, 0.6) is 0 Å². The molecular weight excluding hydrogens is 254 g/mol. The van der Waals surface area contributed by atoms with Gasteiger partial charge in [-0.3, -0.25) is 0 Å². The fourth-order valence-corrected chi connectivity index (χ4v) is 2.85. The number of nitrogens with zero attached hydrogens (tertiary/aromatic N) is 3. The predicted octanol–water partition coefficient (Wildman–Crippen LogP) is 3.50. The summed E-state index contributed by atoms with van der Waals surface area (Å²) in [5.41, 5.74) is 2.75. The number of benzene rings is 1. The van der Waals surface area contributed by atoms with Crippen LogP contribution in [-0.2, 0) is 5.75 Å². The zero-order chi connectivity index (χ0) is 13.1. The monoisotopic (exact) mass is 265 g/mol. The van der Waals surface area contributed by atoms with Crippen LogP contribution in [0.1, 0.15) is 11.1 Å². The maximum absolute atomic E-state index is 9.29. The summed E-state index contributed by atoms with van der Waals surface area (Å²) in [4.78, 5) is 0. The van der Waals surface area contributed by atoms with Gasteiger partial charge >= 0.3 is 0 Å². The van der Waals surface area contributed by atoms with Crippen molar-refractivity contribution in [3.05, 3.63) is 65.9 Å². The van der Waals surface area contributed by atoms with Crippen molar-refractivity contribution in [1.82, 2.24) is 9.61 Å². The third-order valence-corrected chi connectivity index (χ3v) is 3.87. The van der Waals surface area contributed by atoms with Crippen LogP contribution < -0.4 is 0 Å². The third-order valence-electron chi connectivity index (χ3n) is 2.84. The van der Waals surface area contributed by atoms with Crippen LogP contribution in [0.25, 0.3) is 5.52 Å². The van der Waals surface area contributed by atoms with E-state index in [0.29, 0.717) is 5.56 Å². The van der Waals surface area contributed by atoms with E-state index in [2.05, 4.69) is 23.3 Å². The van der Waals surface area contributed by atoms with Gasteiger partial charge in [0, 0.05) is 11.9 Å². The van der Waals surface area contributed by atoms with Gasteiger partial charge in [-0.05, 0) is 17.7 Å². The van der Waals surface area contributed by atoms with Crippen molar-refractivity contribution in [3.8, 4) is 6.07 Å². The lowest BCUT2D eigenvalue weighted by Crippen LogP contribution is -1.84. The summed E-state index contributed by atoms with van der Waals surface area (Å²) in [7, 11) is 0. The Bertz CT molecular complexity index is 741. The molecule has 3 rings (SSSR count). The molecule has 2 heterocycles. The van der Waals surface area contributed by atoms with E-state index in [1.165, 1.54) is 5.56 Å². The maximum Gasteiger partial charge on any atom is 0.137 e. The van der Waals surface area contributed by atoms with Gasteiger partial charge in [-0.1, -0.05) is 48.2 Å². The Hall–Kier alpha value is -2.25. The number of fused-ring (bicyclic) bond motifs is 1. The minimum atomic E-state index is 0.654. The zero-order valence-corrected chi connectivity index (χ0v) is 11.0. The lowest BCUT2D eigenvalue weighted by molar-refractivity contribution is 0.900. The summed E-state index contributed by atoms with van der Waals surface area (Å²) >= 11 is 1.60. The summed E-state index contributed by atoms with van der Waals surface area (Å²) < 4.78 is 1.76. The van der Waals surface area contributed by atoms with Gasteiger partial charge in [-0.15, -0.1) is 0 Å². The molecular formula is C15H11N3S. The fraction of sp³-hybridized carbons (Fsp3) is 0.0667. The highest BCUT2D eigenvalue weighted by molar-refractivity contribution is 7.98. The predicted molar refractivity (Wildman–Crippen MR) is 75.9 cm³/mol. The van der Waals surface area contributed by atoms with Crippen LogP contribution in [0.3, 0.4) is 0 Å². The van der Waals surface area contributed by atoms with E-state index >= 15 is 0 Å². The second kappa shape index (κ2) is 5.17. The minimum absolute atomic E-state index is 0.654. The first-order valence-corrected chi connectivity index (χ1v) is 6.91.